The molecule has 1 rings (SSSR count). The van der Waals surface area contributed by atoms with Crippen LogP contribution in [0.1, 0.15) is 5.69 Å². The summed E-state index contributed by atoms with van der Waals surface area (Å²) < 4.78 is 0. The summed E-state index contributed by atoms with van der Waals surface area (Å²) in [6.07, 6.45) is 4.67. The highest BCUT2D eigenvalue weighted by Crippen LogP contribution is 2.13. The van der Waals surface area contributed by atoms with Gasteiger partial charge in [0.25, 0.3) is 0 Å². The summed E-state index contributed by atoms with van der Waals surface area (Å²) in [5, 5.41) is 0.537. The zero-order chi connectivity index (χ0) is 10.6. The number of hydrogen-bond acceptors (Lipinski definition) is 2. The zero-order valence-corrected chi connectivity index (χ0v) is 8.82. The molecule has 0 saturated heterocycles. The molecule has 0 saturated carbocycles. The Bertz CT molecular complexity index is 361. The van der Waals surface area contributed by atoms with Crippen molar-refractivity contribution in [3.05, 3.63) is 35.1 Å². The maximum Gasteiger partial charge on any atom is 0.246 e. The summed E-state index contributed by atoms with van der Waals surface area (Å²) in [5.74, 6) is -0.0910. The lowest BCUT2D eigenvalue weighted by Crippen LogP contribution is -2.18. The Hall–Kier alpha value is -1.35. The minimum absolute atomic E-state index is 0.0910. The molecule has 1 aromatic rings. The van der Waals surface area contributed by atoms with Crippen LogP contribution >= 0.6 is 11.6 Å². The molecule has 4 heteroatoms. The summed E-state index contributed by atoms with van der Waals surface area (Å²) in [7, 11) is 3.37. The normalized spacial score (nSPS) is 10.5. The molecular formula is C10H11ClN2O. The number of aromatic nitrogens is 1. The van der Waals surface area contributed by atoms with Gasteiger partial charge in [-0.25, -0.2) is 0 Å². The van der Waals surface area contributed by atoms with Gasteiger partial charge >= 0.3 is 0 Å². The molecule has 0 aliphatic heterocycles. The first kappa shape index (κ1) is 10.7. The maximum atomic E-state index is 11.2. The summed E-state index contributed by atoms with van der Waals surface area (Å²) >= 11 is 5.85. The van der Waals surface area contributed by atoms with Crippen molar-refractivity contribution in [2.24, 2.45) is 0 Å². The lowest BCUT2D eigenvalue weighted by molar-refractivity contribution is -0.123. The first-order valence-electron chi connectivity index (χ1n) is 4.11. The van der Waals surface area contributed by atoms with E-state index in [-0.39, 0.29) is 5.91 Å². The van der Waals surface area contributed by atoms with Gasteiger partial charge in [-0.1, -0.05) is 11.6 Å². The first-order chi connectivity index (χ1) is 6.61. The van der Waals surface area contributed by atoms with Crippen molar-refractivity contribution in [2.45, 2.75) is 0 Å². The minimum Gasteiger partial charge on any atom is -0.345 e. The van der Waals surface area contributed by atoms with Crippen molar-refractivity contribution in [3.63, 3.8) is 0 Å². The summed E-state index contributed by atoms with van der Waals surface area (Å²) in [4.78, 5) is 16.7. The number of hydrogen-bond donors (Lipinski definition) is 0. The van der Waals surface area contributed by atoms with E-state index in [2.05, 4.69) is 4.98 Å². The highest BCUT2D eigenvalue weighted by atomic mass is 35.5. The highest BCUT2D eigenvalue weighted by molar-refractivity contribution is 6.31. The molecule has 1 aromatic heterocycles. The molecule has 0 bridgehead atoms. The number of carbonyl (C=O) groups is 1. The van der Waals surface area contributed by atoms with Crippen molar-refractivity contribution in [2.75, 3.05) is 14.1 Å². The van der Waals surface area contributed by atoms with Crippen LogP contribution in [0.5, 0.6) is 0 Å². The van der Waals surface area contributed by atoms with E-state index < -0.39 is 0 Å². The van der Waals surface area contributed by atoms with E-state index in [0.29, 0.717) is 10.7 Å². The second-order valence-corrected chi connectivity index (χ2v) is 3.34. The Morgan fingerprint density at radius 1 is 1.57 bits per heavy atom. The van der Waals surface area contributed by atoms with Crippen LogP contribution in [0.25, 0.3) is 6.08 Å². The molecule has 0 aliphatic carbocycles. The molecule has 0 spiro atoms. The Morgan fingerprint density at radius 3 is 2.86 bits per heavy atom. The lowest BCUT2D eigenvalue weighted by Gasteiger charge is -2.05. The number of amides is 1. The van der Waals surface area contributed by atoms with Crippen LogP contribution in [0.3, 0.4) is 0 Å². The smallest absolute Gasteiger partial charge is 0.246 e. The molecule has 0 fully saturated rings. The molecule has 3 nitrogen and oxygen atoms in total. The van der Waals surface area contributed by atoms with Gasteiger partial charge in [-0.15, -0.1) is 0 Å². The fraction of sp³-hybridized carbons (Fsp3) is 0.200. The quantitative estimate of drug-likeness (QED) is 0.698. The van der Waals surface area contributed by atoms with Gasteiger partial charge in [-0.2, -0.15) is 0 Å². The number of likely N-dealkylation sites (N-methyl/N-ethyl adjacent to an activating group) is 1. The largest absolute Gasteiger partial charge is 0.345 e. The van der Waals surface area contributed by atoms with Crippen LogP contribution in [-0.2, 0) is 4.79 Å². The van der Waals surface area contributed by atoms with Gasteiger partial charge in [0, 0.05) is 26.4 Å². The highest BCUT2D eigenvalue weighted by Gasteiger charge is 1.99. The molecule has 0 atom stereocenters. The predicted octanol–water partition coefficient (Wildman–Crippen LogP) is 1.84. The van der Waals surface area contributed by atoms with Crippen molar-refractivity contribution >= 4 is 23.6 Å². The van der Waals surface area contributed by atoms with Gasteiger partial charge in [-0.3, -0.25) is 9.78 Å². The van der Waals surface area contributed by atoms with Gasteiger partial charge in [-0.05, 0) is 18.2 Å². The van der Waals surface area contributed by atoms with E-state index >= 15 is 0 Å². The SMILES string of the molecule is CN(C)C(=O)C=Cc1ncccc1Cl. The van der Waals surface area contributed by atoms with Crippen LogP contribution in [-0.4, -0.2) is 29.9 Å². The number of pyridine rings is 1. The average molecular weight is 211 g/mol. The summed E-state index contributed by atoms with van der Waals surface area (Å²) in [5.41, 5.74) is 0.601. The molecule has 14 heavy (non-hydrogen) atoms. The Labute approximate surface area is 88.0 Å². The third-order valence-corrected chi connectivity index (χ3v) is 1.93. The topological polar surface area (TPSA) is 33.2 Å². The molecule has 0 aliphatic rings. The number of nitrogens with zero attached hydrogens (tertiary/aromatic N) is 2. The van der Waals surface area contributed by atoms with Crippen LogP contribution in [0.2, 0.25) is 5.02 Å². The molecular weight excluding hydrogens is 200 g/mol. The average Bonchev–Trinajstić information content (AvgIpc) is 2.16. The van der Waals surface area contributed by atoms with Gasteiger partial charge in [0.2, 0.25) is 5.91 Å². The molecule has 1 heterocycles. The third-order valence-electron chi connectivity index (χ3n) is 1.61. The first-order valence-corrected chi connectivity index (χ1v) is 4.49. The third kappa shape index (κ3) is 2.85. The summed E-state index contributed by atoms with van der Waals surface area (Å²) in [6.45, 7) is 0. The molecule has 0 aromatic carbocycles. The van der Waals surface area contributed by atoms with Crippen LogP contribution in [0.4, 0.5) is 0 Å². The molecule has 0 unspecified atom stereocenters. The van der Waals surface area contributed by atoms with Crippen LogP contribution < -0.4 is 0 Å². The Balaban J connectivity index is 2.79. The van der Waals surface area contributed by atoms with Crippen LogP contribution in [0, 0.1) is 0 Å². The second-order valence-electron chi connectivity index (χ2n) is 2.94. The summed E-state index contributed by atoms with van der Waals surface area (Å²) in [6, 6.07) is 3.47. The van der Waals surface area contributed by atoms with Crippen molar-refractivity contribution < 1.29 is 4.79 Å². The van der Waals surface area contributed by atoms with Gasteiger partial charge in [0.05, 0.1) is 10.7 Å². The fourth-order valence-electron chi connectivity index (χ4n) is 0.820. The van der Waals surface area contributed by atoms with E-state index in [4.69, 9.17) is 11.6 Å². The lowest BCUT2D eigenvalue weighted by atomic mass is 10.3. The Morgan fingerprint density at radius 2 is 2.29 bits per heavy atom. The molecule has 1 amide bonds. The number of rotatable bonds is 2. The van der Waals surface area contributed by atoms with Crippen molar-refractivity contribution in [1.29, 1.82) is 0 Å². The number of carbonyl (C=O) groups excluding carboxylic acids is 1. The molecule has 0 N–H and O–H groups in total. The fourth-order valence-corrected chi connectivity index (χ4v) is 1.00. The zero-order valence-electron chi connectivity index (χ0n) is 8.07. The van der Waals surface area contributed by atoms with E-state index in [1.807, 2.05) is 0 Å². The molecule has 0 radical (unpaired) electrons. The van der Waals surface area contributed by atoms with E-state index in [1.165, 1.54) is 11.0 Å². The Kier molecular flexibility index (Phi) is 3.65. The van der Waals surface area contributed by atoms with Crippen molar-refractivity contribution in [3.8, 4) is 0 Å². The van der Waals surface area contributed by atoms with Gasteiger partial charge in [0.15, 0.2) is 0 Å². The molecule has 74 valence electrons. The minimum atomic E-state index is -0.0910. The van der Waals surface area contributed by atoms with E-state index in [9.17, 15) is 4.79 Å². The standard InChI is InChI=1S/C10H11ClN2O/c1-13(2)10(14)6-5-9-8(11)4-3-7-12-9/h3-7H,1-2H3. The maximum absolute atomic E-state index is 11.2. The van der Waals surface area contributed by atoms with Crippen LogP contribution in [0.15, 0.2) is 24.4 Å². The van der Waals surface area contributed by atoms with Crippen molar-refractivity contribution in [1.82, 2.24) is 9.88 Å². The van der Waals surface area contributed by atoms with E-state index in [0.717, 1.165) is 0 Å². The van der Waals surface area contributed by atoms with E-state index in [1.54, 1.807) is 38.5 Å². The van der Waals surface area contributed by atoms with Gasteiger partial charge < -0.3 is 4.90 Å². The van der Waals surface area contributed by atoms with Gasteiger partial charge in [0.1, 0.15) is 0 Å². The number of halogens is 1. The predicted molar refractivity (Wildman–Crippen MR) is 57.0 cm³/mol. The monoisotopic (exact) mass is 210 g/mol. The second kappa shape index (κ2) is 4.77.